The number of furan rings is 1. The van der Waals surface area contributed by atoms with Crippen molar-refractivity contribution >= 4 is 22.6 Å². The Morgan fingerprint density at radius 1 is 0.970 bits per heavy atom. The van der Waals surface area contributed by atoms with E-state index in [1.165, 1.54) is 0 Å². The molecule has 1 amide bonds. The minimum absolute atomic E-state index is 0.172. The van der Waals surface area contributed by atoms with E-state index in [9.17, 15) is 4.79 Å². The number of amides is 1. The minimum atomic E-state index is -0.206. The fourth-order valence-corrected chi connectivity index (χ4v) is 4.34. The number of hydrogen-bond donors (Lipinski definition) is 1. The normalized spacial score (nSPS) is 15.3. The topological polar surface area (TPSA) is 63.9 Å². The van der Waals surface area contributed by atoms with Crippen LogP contribution in [0.15, 0.2) is 83.3 Å². The van der Waals surface area contributed by atoms with E-state index in [-0.39, 0.29) is 11.9 Å². The molecule has 1 aliphatic rings. The highest BCUT2D eigenvalue weighted by Crippen LogP contribution is 2.41. The van der Waals surface area contributed by atoms with Crippen LogP contribution in [0.25, 0.3) is 11.0 Å². The Morgan fingerprint density at radius 3 is 2.52 bits per heavy atom. The zero-order valence-corrected chi connectivity index (χ0v) is 18.5. The lowest BCUT2D eigenvalue weighted by molar-refractivity contribution is 0.0206. The summed E-state index contributed by atoms with van der Waals surface area (Å²) >= 11 is 0. The van der Waals surface area contributed by atoms with E-state index in [4.69, 9.17) is 13.9 Å². The van der Waals surface area contributed by atoms with Gasteiger partial charge < -0.3 is 19.2 Å². The van der Waals surface area contributed by atoms with Crippen LogP contribution in [0.3, 0.4) is 0 Å². The van der Waals surface area contributed by atoms with Crippen molar-refractivity contribution < 1.29 is 18.7 Å². The van der Waals surface area contributed by atoms with Crippen LogP contribution >= 0.6 is 0 Å². The summed E-state index contributed by atoms with van der Waals surface area (Å²) in [5, 5.41) is 4.02. The third-order valence-corrected chi connectivity index (χ3v) is 5.97. The van der Waals surface area contributed by atoms with E-state index < -0.39 is 0 Å². The van der Waals surface area contributed by atoms with Crippen molar-refractivity contribution in [2.45, 2.75) is 6.04 Å². The number of nitrogens with one attached hydrogen (secondary N) is 1. The molecule has 1 aromatic heterocycles. The van der Waals surface area contributed by atoms with Crippen molar-refractivity contribution in [1.29, 1.82) is 0 Å². The zero-order valence-electron chi connectivity index (χ0n) is 18.5. The first-order valence-electron chi connectivity index (χ1n) is 11.1. The van der Waals surface area contributed by atoms with Gasteiger partial charge in [0.05, 0.1) is 32.1 Å². The molecule has 1 saturated heterocycles. The highest BCUT2D eigenvalue weighted by atomic mass is 16.5. The van der Waals surface area contributed by atoms with Gasteiger partial charge in [0.1, 0.15) is 17.1 Å². The number of fused-ring (bicyclic) bond motifs is 1. The van der Waals surface area contributed by atoms with Crippen molar-refractivity contribution in [3.63, 3.8) is 0 Å². The van der Waals surface area contributed by atoms with E-state index in [0.717, 1.165) is 35.4 Å². The molecule has 2 heterocycles. The van der Waals surface area contributed by atoms with E-state index >= 15 is 0 Å². The molecule has 4 aromatic rings. The standard InChI is InChI=1S/C27H26N2O4/c1-31-21-11-7-10-20(18-21)25(29-14-16-32-17-15-29)26-24(22-12-5-6-13-23(22)33-26)28-27(30)19-8-3-2-4-9-19/h2-13,18,25H,14-17H2,1H3,(H,28,30). The van der Waals surface area contributed by atoms with Crippen molar-refractivity contribution in [2.24, 2.45) is 0 Å². The second-order valence-corrected chi connectivity index (χ2v) is 7.99. The number of methoxy groups -OCH3 is 1. The van der Waals surface area contributed by atoms with Gasteiger partial charge in [0.2, 0.25) is 0 Å². The summed E-state index contributed by atoms with van der Waals surface area (Å²) < 4.78 is 17.5. The Balaban J connectivity index is 1.64. The maximum Gasteiger partial charge on any atom is 0.255 e. The largest absolute Gasteiger partial charge is 0.497 e. The maximum atomic E-state index is 13.1. The fourth-order valence-electron chi connectivity index (χ4n) is 4.34. The quantitative estimate of drug-likeness (QED) is 0.449. The number of morpholine rings is 1. The molecule has 5 rings (SSSR count). The maximum absolute atomic E-state index is 13.1. The number of benzene rings is 3. The fraction of sp³-hybridized carbons (Fsp3) is 0.222. The third-order valence-electron chi connectivity index (χ3n) is 5.97. The molecule has 0 bridgehead atoms. The van der Waals surface area contributed by atoms with E-state index in [0.29, 0.717) is 30.2 Å². The first kappa shape index (κ1) is 21.2. The first-order valence-corrected chi connectivity index (χ1v) is 11.1. The predicted octanol–water partition coefficient (Wildman–Crippen LogP) is 5.12. The van der Waals surface area contributed by atoms with Crippen LogP contribution < -0.4 is 10.1 Å². The predicted molar refractivity (Wildman–Crippen MR) is 128 cm³/mol. The Labute approximate surface area is 192 Å². The van der Waals surface area contributed by atoms with Crippen LogP contribution in [0.5, 0.6) is 5.75 Å². The lowest BCUT2D eigenvalue weighted by atomic mass is 10.00. The summed E-state index contributed by atoms with van der Waals surface area (Å²) in [6.07, 6.45) is 0. The second-order valence-electron chi connectivity index (χ2n) is 7.99. The molecule has 3 aromatic carbocycles. The Morgan fingerprint density at radius 2 is 1.73 bits per heavy atom. The molecule has 0 spiro atoms. The van der Waals surface area contributed by atoms with Gasteiger partial charge in [-0.25, -0.2) is 0 Å². The van der Waals surface area contributed by atoms with Crippen LogP contribution in [0.2, 0.25) is 0 Å². The van der Waals surface area contributed by atoms with Crippen LogP contribution in [0, 0.1) is 0 Å². The van der Waals surface area contributed by atoms with Gasteiger partial charge in [-0.2, -0.15) is 0 Å². The molecule has 6 heteroatoms. The monoisotopic (exact) mass is 442 g/mol. The van der Waals surface area contributed by atoms with E-state index in [2.05, 4.69) is 16.3 Å². The smallest absolute Gasteiger partial charge is 0.255 e. The molecular weight excluding hydrogens is 416 g/mol. The van der Waals surface area contributed by atoms with E-state index in [1.54, 1.807) is 19.2 Å². The number of ether oxygens (including phenoxy) is 2. The van der Waals surface area contributed by atoms with Gasteiger partial charge in [-0.1, -0.05) is 42.5 Å². The van der Waals surface area contributed by atoms with Crippen molar-refractivity contribution in [2.75, 3.05) is 38.7 Å². The second kappa shape index (κ2) is 9.48. The van der Waals surface area contributed by atoms with Crippen LogP contribution in [-0.2, 0) is 4.74 Å². The Bertz CT molecular complexity index is 1250. The molecule has 1 fully saturated rings. The minimum Gasteiger partial charge on any atom is -0.497 e. The van der Waals surface area contributed by atoms with Gasteiger partial charge in [-0.3, -0.25) is 9.69 Å². The van der Waals surface area contributed by atoms with Gasteiger partial charge >= 0.3 is 0 Å². The Hall–Kier alpha value is -3.61. The number of rotatable bonds is 6. The van der Waals surface area contributed by atoms with Crippen molar-refractivity contribution in [1.82, 2.24) is 4.90 Å². The average molecular weight is 443 g/mol. The lowest BCUT2D eigenvalue weighted by Crippen LogP contribution is -2.39. The molecule has 1 unspecified atom stereocenters. The number of anilines is 1. The van der Waals surface area contributed by atoms with Gasteiger partial charge in [0, 0.05) is 24.0 Å². The van der Waals surface area contributed by atoms with Gasteiger partial charge in [0.15, 0.2) is 0 Å². The first-order chi connectivity index (χ1) is 16.2. The molecule has 168 valence electrons. The van der Waals surface area contributed by atoms with Gasteiger partial charge in [-0.05, 0) is 42.0 Å². The summed E-state index contributed by atoms with van der Waals surface area (Å²) in [6, 6.07) is 24.8. The molecule has 33 heavy (non-hydrogen) atoms. The zero-order chi connectivity index (χ0) is 22.6. The molecule has 0 radical (unpaired) electrons. The number of carbonyl (C=O) groups is 1. The highest BCUT2D eigenvalue weighted by molar-refractivity contribution is 6.09. The summed E-state index contributed by atoms with van der Waals surface area (Å²) in [5.74, 6) is 1.31. The summed E-state index contributed by atoms with van der Waals surface area (Å²) in [4.78, 5) is 15.5. The van der Waals surface area contributed by atoms with Crippen molar-refractivity contribution in [3.8, 4) is 5.75 Å². The van der Waals surface area contributed by atoms with Crippen molar-refractivity contribution in [3.05, 3.63) is 95.7 Å². The van der Waals surface area contributed by atoms with Gasteiger partial charge in [0.25, 0.3) is 5.91 Å². The van der Waals surface area contributed by atoms with Crippen LogP contribution in [0.4, 0.5) is 5.69 Å². The Kier molecular flexibility index (Phi) is 6.11. The number of hydrogen-bond acceptors (Lipinski definition) is 5. The van der Waals surface area contributed by atoms with Gasteiger partial charge in [-0.15, -0.1) is 0 Å². The summed E-state index contributed by atoms with van der Waals surface area (Å²) in [6.45, 7) is 2.80. The highest BCUT2D eigenvalue weighted by Gasteiger charge is 2.31. The van der Waals surface area contributed by atoms with Crippen LogP contribution in [-0.4, -0.2) is 44.2 Å². The molecule has 1 N–H and O–H groups in total. The number of para-hydroxylation sites is 1. The molecule has 0 aliphatic carbocycles. The summed E-state index contributed by atoms with van der Waals surface area (Å²) in [7, 11) is 1.66. The van der Waals surface area contributed by atoms with Crippen LogP contribution in [0.1, 0.15) is 27.7 Å². The molecule has 6 nitrogen and oxygen atoms in total. The third kappa shape index (κ3) is 4.35. The molecule has 1 aliphatic heterocycles. The molecular formula is C27H26N2O4. The number of nitrogens with zero attached hydrogens (tertiary/aromatic N) is 1. The molecule has 0 saturated carbocycles. The summed E-state index contributed by atoms with van der Waals surface area (Å²) in [5.41, 5.74) is 3.05. The van der Waals surface area contributed by atoms with E-state index in [1.807, 2.05) is 60.7 Å². The lowest BCUT2D eigenvalue weighted by Gasteiger charge is -2.34. The molecule has 1 atom stereocenters. The number of carbonyl (C=O) groups excluding carboxylic acids is 1. The SMILES string of the molecule is COc1cccc(C(c2oc3ccccc3c2NC(=O)c2ccccc2)N2CCOCC2)c1. The average Bonchev–Trinajstić information content (AvgIpc) is 3.23.